The van der Waals surface area contributed by atoms with E-state index < -0.39 is 0 Å². The van der Waals surface area contributed by atoms with E-state index in [9.17, 15) is 4.79 Å². The molecule has 0 spiro atoms. The predicted octanol–water partition coefficient (Wildman–Crippen LogP) is 5.77. The third-order valence-electron chi connectivity index (χ3n) is 5.30. The molecule has 4 rings (SSSR count). The zero-order valence-corrected chi connectivity index (χ0v) is 20.4. The van der Waals surface area contributed by atoms with Gasteiger partial charge in [0.1, 0.15) is 11.6 Å². The number of rotatable bonds is 6. The largest absolute Gasteiger partial charge is 0.497 e. The second kappa shape index (κ2) is 9.27. The average molecular weight is 461 g/mol. The molecular weight excluding hydrogens is 432 g/mol. The number of fused-ring (bicyclic) bond motifs is 1. The number of aryl methyl sites for hydroxylation is 1. The molecule has 2 aromatic heterocycles. The van der Waals surface area contributed by atoms with Gasteiger partial charge in [0, 0.05) is 22.9 Å². The molecule has 0 bridgehead atoms. The van der Waals surface area contributed by atoms with Crippen molar-refractivity contribution in [2.45, 2.75) is 38.1 Å². The van der Waals surface area contributed by atoms with Crippen LogP contribution in [0, 0.1) is 6.92 Å². The van der Waals surface area contributed by atoms with Crippen molar-refractivity contribution in [2.75, 3.05) is 18.2 Å². The highest BCUT2D eigenvalue weighted by Gasteiger charge is 2.21. The first-order valence-corrected chi connectivity index (χ1v) is 11.8. The molecule has 0 aliphatic rings. The molecule has 0 radical (unpaired) electrons. The third kappa shape index (κ3) is 5.20. The SMILES string of the molecule is COc1ccc2c(C)cc(SCC(=O)Nc3cc(C(C)(C)C)nn3-c3ccccc3)nc2c1. The highest BCUT2D eigenvalue weighted by molar-refractivity contribution is 7.99. The van der Waals surface area contributed by atoms with Crippen molar-refractivity contribution in [2.24, 2.45) is 0 Å². The van der Waals surface area contributed by atoms with Gasteiger partial charge in [-0.25, -0.2) is 9.67 Å². The molecule has 1 N–H and O–H groups in total. The Morgan fingerprint density at radius 1 is 1.09 bits per heavy atom. The van der Waals surface area contributed by atoms with Crippen LogP contribution in [0.15, 0.2) is 65.7 Å². The lowest BCUT2D eigenvalue weighted by Crippen LogP contribution is -2.17. The van der Waals surface area contributed by atoms with E-state index in [2.05, 4.69) is 26.1 Å². The number of ether oxygens (including phenoxy) is 1. The number of hydrogen-bond acceptors (Lipinski definition) is 5. The summed E-state index contributed by atoms with van der Waals surface area (Å²) < 4.78 is 7.11. The molecule has 1 amide bonds. The number of nitrogens with one attached hydrogen (secondary N) is 1. The number of nitrogens with zero attached hydrogens (tertiary/aromatic N) is 3. The van der Waals surface area contributed by atoms with Crippen LogP contribution in [-0.2, 0) is 10.2 Å². The van der Waals surface area contributed by atoms with E-state index in [1.54, 1.807) is 11.8 Å². The van der Waals surface area contributed by atoms with E-state index in [1.165, 1.54) is 11.8 Å². The van der Waals surface area contributed by atoms with Crippen LogP contribution in [0.4, 0.5) is 5.82 Å². The topological polar surface area (TPSA) is 69.0 Å². The summed E-state index contributed by atoms with van der Waals surface area (Å²) >= 11 is 1.41. The maximum atomic E-state index is 12.9. The van der Waals surface area contributed by atoms with Crippen LogP contribution in [0.5, 0.6) is 5.75 Å². The van der Waals surface area contributed by atoms with Gasteiger partial charge < -0.3 is 10.1 Å². The van der Waals surface area contributed by atoms with Crippen LogP contribution in [0.1, 0.15) is 32.0 Å². The molecular formula is C26H28N4O2S. The monoisotopic (exact) mass is 460 g/mol. The number of hydrogen-bond donors (Lipinski definition) is 1. The van der Waals surface area contributed by atoms with E-state index in [-0.39, 0.29) is 17.1 Å². The molecule has 0 aliphatic heterocycles. The number of carbonyl (C=O) groups excluding carboxylic acids is 1. The first-order valence-electron chi connectivity index (χ1n) is 10.8. The summed E-state index contributed by atoms with van der Waals surface area (Å²) in [5, 5.41) is 9.67. The summed E-state index contributed by atoms with van der Waals surface area (Å²) in [6.45, 7) is 8.37. The third-order valence-corrected chi connectivity index (χ3v) is 6.21. The highest BCUT2D eigenvalue weighted by atomic mass is 32.2. The second-order valence-corrected chi connectivity index (χ2v) is 9.91. The van der Waals surface area contributed by atoms with Crippen molar-refractivity contribution in [3.8, 4) is 11.4 Å². The molecule has 2 heterocycles. The number of carbonyl (C=O) groups is 1. The minimum Gasteiger partial charge on any atom is -0.497 e. The molecule has 2 aromatic carbocycles. The van der Waals surface area contributed by atoms with Crippen molar-refractivity contribution < 1.29 is 9.53 Å². The summed E-state index contributed by atoms with van der Waals surface area (Å²) in [5.41, 5.74) is 3.64. The van der Waals surface area contributed by atoms with Crippen molar-refractivity contribution in [3.63, 3.8) is 0 Å². The van der Waals surface area contributed by atoms with Crippen LogP contribution in [0.25, 0.3) is 16.6 Å². The first kappa shape index (κ1) is 22.9. The average Bonchev–Trinajstić information content (AvgIpc) is 3.22. The lowest BCUT2D eigenvalue weighted by Gasteiger charge is -2.14. The van der Waals surface area contributed by atoms with E-state index in [0.29, 0.717) is 5.82 Å². The minimum absolute atomic E-state index is 0.109. The fourth-order valence-corrected chi connectivity index (χ4v) is 4.25. The predicted molar refractivity (Wildman–Crippen MR) is 135 cm³/mol. The van der Waals surface area contributed by atoms with Gasteiger partial charge in [0.2, 0.25) is 5.91 Å². The summed E-state index contributed by atoms with van der Waals surface area (Å²) in [5.74, 6) is 1.55. The molecule has 0 saturated carbocycles. The van der Waals surface area contributed by atoms with Crippen molar-refractivity contribution in [3.05, 3.63) is 71.9 Å². The Morgan fingerprint density at radius 3 is 2.55 bits per heavy atom. The summed E-state index contributed by atoms with van der Waals surface area (Å²) in [7, 11) is 1.64. The van der Waals surface area contributed by atoms with Gasteiger partial charge in [-0.05, 0) is 42.8 Å². The molecule has 4 aromatic rings. The minimum atomic E-state index is -0.137. The van der Waals surface area contributed by atoms with Crippen LogP contribution < -0.4 is 10.1 Å². The molecule has 0 saturated heterocycles. The van der Waals surface area contributed by atoms with Gasteiger partial charge in [-0.2, -0.15) is 5.10 Å². The summed E-state index contributed by atoms with van der Waals surface area (Å²) in [4.78, 5) is 17.6. The number of benzene rings is 2. The van der Waals surface area contributed by atoms with Crippen molar-refractivity contribution in [1.82, 2.24) is 14.8 Å². The van der Waals surface area contributed by atoms with Crippen LogP contribution in [0.2, 0.25) is 0 Å². The van der Waals surface area contributed by atoms with E-state index >= 15 is 0 Å². The van der Waals surface area contributed by atoms with E-state index in [0.717, 1.165) is 38.6 Å². The Labute approximate surface area is 198 Å². The van der Waals surface area contributed by atoms with E-state index in [1.807, 2.05) is 67.6 Å². The molecule has 0 fully saturated rings. The second-order valence-electron chi connectivity index (χ2n) is 8.91. The molecule has 0 atom stereocenters. The Bertz CT molecular complexity index is 1290. The summed E-state index contributed by atoms with van der Waals surface area (Å²) in [6, 6.07) is 19.6. The molecule has 33 heavy (non-hydrogen) atoms. The number of amides is 1. The fraction of sp³-hybridized carbons (Fsp3) is 0.269. The molecule has 0 unspecified atom stereocenters. The standard InChI is InChI=1S/C26H28N4O2S/c1-17-13-25(27-21-14-19(32-5)11-12-20(17)21)33-16-24(31)28-23-15-22(26(2,3)4)29-30(23)18-9-7-6-8-10-18/h6-15H,16H2,1-5H3,(H,28,31). The van der Waals surface area contributed by atoms with Gasteiger partial charge in [0.05, 0.1) is 34.8 Å². The normalized spacial score (nSPS) is 11.5. The number of pyridine rings is 1. The zero-order chi connectivity index (χ0) is 23.6. The number of anilines is 1. The zero-order valence-electron chi connectivity index (χ0n) is 19.5. The van der Waals surface area contributed by atoms with Crippen molar-refractivity contribution >= 4 is 34.4 Å². The Morgan fingerprint density at radius 2 is 1.85 bits per heavy atom. The number of para-hydroxylation sites is 1. The Kier molecular flexibility index (Phi) is 6.42. The molecule has 0 aliphatic carbocycles. The number of methoxy groups -OCH3 is 1. The van der Waals surface area contributed by atoms with Crippen LogP contribution >= 0.6 is 11.8 Å². The first-order chi connectivity index (χ1) is 15.7. The van der Waals surface area contributed by atoms with Gasteiger partial charge in [0.15, 0.2) is 0 Å². The van der Waals surface area contributed by atoms with Gasteiger partial charge in [-0.1, -0.05) is 50.7 Å². The van der Waals surface area contributed by atoms with E-state index in [4.69, 9.17) is 14.8 Å². The van der Waals surface area contributed by atoms with Gasteiger partial charge in [-0.15, -0.1) is 0 Å². The van der Waals surface area contributed by atoms with Crippen molar-refractivity contribution in [1.29, 1.82) is 0 Å². The van der Waals surface area contributed by atoms with Gasteiger partial charge in [0.25, 0.3) is 0 Å². The lowest BCUT2D eigenvalue weighted by atomic mass is 9.92. The maximum Gasteiger partial charge on any atom is 0.235 e. The molecule has 6 nitrogen and oxygen atoms in total. The van der Waals surface area contributed by atoms with Gasteiger partial charge >= 0.3 is 0 Å². The molecule has 170 valence electrons. The Balaban J connectivity index is 1.53. The molecule has 7 heteroatoms. The highest BCUT2D eigenvalue weighted by Crippen LogP contribution is 2.28. The summed E-state index contributed by atoms with van der Waals surface area (Å²) in [6.07, 6.45) is 0. The van der Waals surface area contributed by atoms with Gasteiger partial charge in [-0.3, -0.25) is 4.79 Å². The number of thioether (sulfide) groups is 1. The fourth-order valence-electron chi connectivity index (χ4n) is 3.47. The number of aromatic nitrogens is 3. The van der Waals surface area contributed by atoms with Crippen LogP contribution in [-0.4, -0.2) is 33.5 Å². The van der Waals surface area contributed by atoms with Crippen LogP contribution in [0.3, 0.4) is 0 Å². The lowest BCUT2D eigenvalue weighted by molar-refractivity contribution is -0.113. The maximum absolute atomic E-state index is 12.9. The smallest absolute Gasteiger partial charge is 0.235 e. The Hall–Kier alpha value is -3.32. The quantitative estimate of drug-likeness (QED) is 0.370.